The van der Waals surface area contributed by atoms with Gasteiger partial charge in [0.05, 0.1) is 11.8 Å². The molecule has 2 fully saturated rings. The van der Waals surface area contributed by atoms with Gasteiger partial charge in [-0.1, -0.05) is 43.2 Å². The molecule has 140 valence electrons. The summed E-state index contributed by atoms with van der Waals surface area (Å²) < 4.78 is 0. The van der Waals surface area contributed by atoms with Crippen molar-refractivity contribution in [3.05, 3.63) is 35.9 Å². The molecule has 0 bridgehead atoms. The van der Waals surface area contributed by atoms with Gasteiger partial charge in [0.2, 0.25) is 17.7 Å². The number of hydrogen-bond donors (Lipinski definition) is 1. The van der Waals surface area contributed by atoms with Gasteiger partial charge in [0.1, 0.15) is 0 Å². The predicted octanol–water partition coefficient (Wildman–Crippen LogP) is 2.69. The van der Waals surface area contributed by atoms with E-state index in [2.05, 4.69) is 17.4 Å². The molecule has 1 aliphatic carbocycles. The van der Waals surface area contributed by atoms with E-state index in [-0.39, 0.29) is 48.6 Å². The molecule has 1 aromatic rings. The lowest BCUT2D eigenvalue weighted by atomic mass is 9.81. The van der Waals surface area contributed by atoms with E-state index in [4.69, 9.17) is 0 Å². The van der Waals surface area contributed by atoms with Crippen LogP contribution in [0, 0.1) is 11.8 Å². The SMILES string of the molecule is C[C@H](CCc1ccccc1)NC(=O)CCN1C(=O)[C@H]2CCCC[C@@H]2C1=O. The Kier molecular flexibility index (Phi) is 6.07. The molecule has 0 aromatic heterocycles. The number of aryl methyl sites for hydroxylation is 1. The molecule has 3 rings (SSSR count). The summed E-state index contributed by atoms with van der Waals surface area (Å²) in [5.41, 5.74) is 1.25. The average Bonchev–Trinajstić information content (AvgIpc) is 2.90. The molecule has 1 saturated carbocycles. The Balaban J connectivity index is 1.42. The van der Waals surface area contributed by atoms with Gasteiger partial charge in [-0.3, -0.25) is 19.3 Å². The monoisotopic (exact) mass is 356 g/mol. The van der Waals surface area contributed by atoms with E-state index in [0.29, 0.717) is 0 Å². The summed E-state index contributed by atoms with van der Waals surface area (Å²) in [4.78, 5) is 38.4. The minimum Gasteiger partial charge on any atom is -0.354 e. The van der Waals surface area contributed by atoms with Crippen LogP contribution in [0.15, 0.2) is 30.3 Å². The summed E-state index contributed by atoms with van der Waals surface area (Å²) in [5, 5.41) is 2.98. The number of carbonyl (C=O) groups excluding carboxylic acids is 3. The zero-order valence-electron chi connectivity index (χ0n) is 15.4. The lowest BCUT2D eigenvalue weighted by molar-refractivity contribution is -0.140. The predicted molar refractivity (Wildman–Crippen MR) is 99.2 cm³/mol. The van der Waals surface area contributed by atoms with Crippen LogP contribution in [-0.2, 0) is 20.8 Å². The van der Waals surface area contributed by atoms with Crippen molar-refractivity contribution in [1.82, 2.24) is 10.2 Å². The molecule has 0 spiro atoms. The van der Waals surface area contributed by atoms with Crippen molar-refractivity contribution in [3.8, 4) is 0 Å². The molecule has 1 aromatic carbocycles. The topological polar surface area (TPSA) is 66.5 Å². The first-order valence-corrected chi connectivity index (χ1v) is 9.75. The molecule has 0 unspecified atom stereocenters. The van der Waals surface area contributed by atoms with Crippen LogP contribution in [-0.4, -0.2) is 35.2 Å². The van der Waals surface area contributed by atoms with Gasteiger partial charge in [0.15, 0.2) is 0 Å². The van der Waals surface area contributed by atoms with Gasteiger partial charge in [-0.15, -0.1) is 0 Å². The highest BCUT2D eigenvalue weighted by atomic mass is 16.2. The Morgan fingerprint density at radius 1 is 1.12 bits per heavy atom. The van der Waals surface area contributed by atoms with Gasteiger partial charge >= 0.3 is 0 Å². The van der Waals surface area contributed by atoms with Crippen molar-refractivity contribution in [1.29, 1.82) is 0 Å². The minimum absolute atomic E-state index is 0.0651. The largest absolute Gasteiger partial charge is 0.354 e. The summed E-state index contributed by atoms with van der Waals surface area (Å²) in [6.07, 6.45) is 5.63. The second kappa shape index (κ2) is 8.47. The summed E-state index contributed by atoms with van der Waals surface area (Å²) >= 11 is 0. The highest BCUT2D eigenvalue weighted by Gasteiger charge is 2.47. The van der Waals surface area contributed by atoms with E-state index in [1.807, 2.05) is 25.1 Å². The lowest BCUT2D eigenvalue weighted by Crippen LogP contribution is -2.38. The van der Waals surface area contributed by atoms with Gasteiger partial charge in [-0.2, -0.15) is 0 Å². The number of nitrogens with zero attached hydrogens (tertiary/aromatic N) is 1. The van der Waals surface area contributed by atoms with Crippen LogP contribution in [0.3, 0.4) is 0 Å². The number of likely N-dealkylation sites (tertiary alicyclic amines) is 1. The first kappa shape index (κ1) is 18.6. The zero-order chi connectivity index (χ0) is 18.5. The van der Waals surface area contributed by atoms with Gasteiger partial charge in [0.25, 0.3) is 0 Å². The number of fused-ring (bicyclic) bond motifs is 1. The Hall–Kier alpha value is -2.17. The molecule has 0 radical (unpaired) electrons. The van der Waals surface area contributed by atoms with Gasteiger partial charge < -0.3 is 5.32 Å². The third-order valence-electron chi connectivity index (χ3n) is 5.61. The Bertz CT molecular complexity index is 634. The van der Waals surface area contributed by atoms with Crippen LogP contribution in [0.5, 0.6) is 0 Å². The molecule has 5 heteroatoms. The van der Waals surface area contributed by atoms with Gasteiger partial charge in [0, 0.05) is 19.0 Å². The average molecular weight is 356 g/mol. The molecule has 1 saturated heterocycles. The van der Waals surface area contributed by atoms with Crippen LogP contribution in [0.4, 0.5) is 0 Å². The first-order valence-electron chi connectivity index (χ1n) is 9.75. The van der Waals surface area contributed by atoms with E-state index < -0.39 is 0 Å². The summed E-state index contributed by atoms with van der Waals surface area (Å²) in [6, 6.07) is 10.2. The summed E-state index contributed by atoms with van der Waals surface area (Å²) in [5.74, 6) is -0.497. The molecule has 26 heavy (non-hydrogen) atoms. The molecule has 1 N–H and O–H groups in total. The Morgan fingerprint density at radius 2 is 1.73 bits per heavy atom. The van der Waals surface area contributed by atoms with Crippen LogP contribution in [0.25, 0.3) is 0 Å². The Morgan fingerprint density at radius 3 is 2.35 bits per heavy atom. The Labute approximate surface area is 155 Å². The quantitative estimate of drug-likeness (QED) is 0.764. The number of imide groups is 1. The van der Waals surface area contributed by atoms with E-state index in [9.17, 15) is 14.4 Å². The first-order chi connectivity index (χ1) is 12.6. The number of nitrogens with one attached hydrogen (secondary N) is 1. The minimum atomic E-state index is -0.135. The second-order valence-electron chi connectivity index (χ2n) is 7.57. The number of hydrogen-bond acceptors (Lipinski definition) is 3. The maximum absolute atomic E-state index is 12.4. The molecule has 3 atom stereocenters. The summed E-state index contributed by atoms with van der Waals surface area (Å²) in [7, 11) is 0. The van der Waals surface area contributed by atoms with Crippen LogP contribution in [0.2, 0.25) is 0 Å². The number of carbonyl (C=O) groups is 3. The molecule has 1 aliphatic heterocycles. The second-order valence-corrected chi connectivity index (χ2v) is 7.57. The standard InChI is InChI=1S/C21H28N2O3/c1-15(11-12-16-7-3-2-4-8-16)22-19(24)13-14-23-20(25)17-9-5-6-10-18(17)21(23)26/h2-4,7-8,15,17-18H,5-6,9-14H2,1H3,(H,22,24)/t15-,17+,18+/m1/s1. The van der Waals surface area contributed by atoms with Gasteiger partial charge in [-0.05, 0) is 38.2 Å². The fraction of sp³-hybridized carbons (Fsp3) is 0.571. The maximum atomic E-state index is 12.4. The fourth-order valence-electron chi connectivity index (χ4n) is 4.11. The molecular weight excluding hydrogens is 328 g/mol. The van der Waals surface area contributed by atoms with Crippen molar-refractivity contribution in [2.45, 2.75) is 57.9 Å². The fourth-order valence-corrected chi connectivity index (χ4v) is 4.11. The van der Waals surface area contributed by atoms with E-state index in [1.165, 1.54) is 10.5 Å². The number of benzene rings is 1. The smallest absolute Gasteiger partial charge is 0.233 e. The van der Waals surface area contributed by atoms with E-state index in [1.54, 1.807) is 0 Å². The normalized spacial score (nSPS) is 23.7. The van der Waals surface area contributed by atoms with Crippen molar-refractivity contribution in [2.75, 3.05) is 6.54 Å². The molecule has 5 nitrogen and oxygen atoms in total. The highest BCUT2D eigenvalue weighted by Crippen LogP contribution is 2.37. The van der Waals surface area contributed by atoms with Crippen molar-refractivity contribution in [2.24, 2.45) is 11.8 Å². The molecular formula is C21H28N2O3. The van der Waals surface area contributed by atoms with Crippen molar-refractivity contribution < 1.29 is 14.4 Å². The van der Waals surface area contributed by atoms with E-state index in [0.717, 1.165) is 38.5 Å². The lowest BCUT2D eigenvalue weighted by Gasteiger charge is -2.19. The number of rotatable bonds is 7. The third kappa shape index (κ3) is 4.32. The van der Waals surface area contributed by atoms with Crippen LogP contribution >= 0.6 is 0 Å². The van der Waals surface area contributed by atoms with Gasteiger partial charge in [-0.25, -0.2) is 0 Å². The van der Waals surface area contributed by atoms with Crippen LogP contribution in [0.1, 0.15) is 51.0 Å². The highest BCUT2D eigenvalue weighted by molar-refractivity contribution is 6.05. The number of amides is 3. The summed E-state index contributed by atoms with van der Waals surface area (Å²) in [6.45, 7) is 2.20. The van der Waals surface area contributed by atoms with Crippen molar-refractivity contribution >= 4 is 17.7 Å². The molecule has 1 heterocycles. The molecule has 2 aliphatic rings. The van der Waals surface area contributed by atoms with E-state index >= 15 is 0 Å². The molecule has 3 amide bonds. The van der Waals surface area contributed by atoms with Crippen molar-refractivity contribution in [3.63, 3.8) is 0 Å². The third-order valence-corrected chi connectivity index (χ3v) is 5.61. The zero-order valence-corrected chi connectivity index (χ0v) is 15.4. The van der Waals surface area contributed by atoms with Crippen LogP contribution < -0.4 is 5.32 Å². The maximum Gasteiger partial charge on any atom is 0.233 e.